The Morgan fingerprint density at radius 1 is 0.861 bits per heavy atom. The molecular formula is C24H27NO11. The van der Waals surface area contributed by atoms with Crippen molar-refractivity contribution in [2.45, 2.75) is 58.4 Å². The number of ether oxygens (including phenoxy) is 7. The van der Waals surface area contributed by atoms with Crippen LogP contribution in [-0.2, 0) is 42.9 Å². The van der Waals surface area contributed by atoms with Crippen molar-refractivity contribution in [3.05, 3.63) is 30.5 Å². The molecule has 0 aliphatic carbocycles. The minimum atomic E-state index is -1.36. The molecule has 0 N–H and O–H groups in total. The summed E-state index contributed by atoms with van der Waals surface area (Å²) in [4.78, 5) is 51.6. The smallest absolute Gasteiger partial charge is 0.303 e. The molecule has 0 amide bonds. The van der Waals surface area contributed by atoms with Crippen LogP contribution in [0.25, 0.3) is 10.9 Å². The maximum atomic E-state index is 12.0. The third-order valence-corrected chi connectivity index (χ3v) is 5.10. The van der Waals surface area contributed by atoms with Crippen molar-refractivity contribution in [2.24, 2.45) is 0 Å². The average Bonchev–Trinajstić information content (AvgIpc) is 2.80. The van der Waals surface area contributed by atoms with Crippen LogP contribution in [0.3, 0.4) is 0 Å². The molecule has 3 rings (SSSR count). The molecule has 0 unspecified atom stereocenters. The Balaban J connectivity index is 2.06. The summed E-state index contributed by atoms with van der Waals surface area (Å²) < 4.78 is 38.7. The van der Waals surface area contributed by atoms with Crippen LogP contribution in [-0.4, -0.2) is 73.3 Å². The van der Waals surface area contributed by atoms with Crippen LogP contribution in [0.2, 0.25) is 0 Å². The molecule has 1 aromatic heterocycles. The van der Waals surface area contributed by atoms with Crippen molar-refractivity contribution in [1.82, 2.24) is 4.98 Å². The van der Waals surface area contributed by atoms with Gasteiger partial charge in [0.15, 0.2) is 12.2 Å². The minimum Gasteiger partial charge on any atom is -0.497 e. The zero-order valence-corrected chi connectivity index (χ0v) is 20.4. The molecule has 12 heteroatoms. The van der Waals surface area contributed by atoms with Gasteiger partial charge in [0.05, 0.1) is 12.6 Å². The number of hydrogen-bond donors (Lipinski definition) is 0. The molecule has 5 atom stereocenters. The minimum absolute atomic E-state index is 0.291. The van der Waals surface area contributed by atoms with E-state index in [2.05, 4.69) is 4.98 Å². The quantitative estimate of drug-likeness (QED) is 0.380. The number of hydrogen-bond acceptors (Lipinski definition) is 12. The van der Waals surface area contributed by atoms with Gasteiger partial charge in [-0.1, -0.05) is 0 Å². The Morgan fingerprint density at radius 3 is 2.11 bits per heavy atom. The average molecular weight is 505 g/mol. The first-order valence-electron chi connectivity index (χ1n) is 11.0. The van der Waals surface area contributed by atoms with Crippen LogP contribution >= 0.6 is 0 Å². The lowest BCUT2D eigenvalue weighted by Gasteiger charge is -2.44. The first-order chi connectivity index (χ1) is 17.1. The van der Waals surface area contributed by atoms with Gasteiger partial charge < -0.3 is 33.2 Å². The van der Waals surface area contributed by atoms with Gasteiger partial charge in [0.1, 0.15) is 24.2 Å². The highest BCUT2D eigenvalue weighted by atomic mass is 16.7. The molecule has 1 aliphatic rings. The van der Waals surface area contributed by atoms with E-state index in [-0.39, 0.29) is 6.61 Å². The lowest BCUT2D eigenvalue weighted by atomic mass is 9.98. The third kappa shape index (κ3) is 6.60. The summed E-state index contributed by atoms with van der Waals surface area (Å²) in [6.45, 7) is 4.28. The van der Waals surface area contributed by atoms with Crippen molar-refractivity contribution in [2.75, 3.05) is 13.7 Å². The van der Waals surface area contributed by atoms with E-state index >= 15 is 0 Å². The van der Waals surface area contributed by atoms with E-state index in [4.69, 9.17) is 33.2 Å². The molecular weight excluding hydrogens is 478 g/mol. The molecule has 194 valence electrons. The van der Waals surface area contributed by atoms with Crippen molar-refractivity contribution < 1.29 is 52.3 Å². The Hall–Kier alpha value is -3.93. The Morgan fingerprint density at radius 2 is 1.50 bits per heavy atom. The highest BCUT2D eigenvalue weighted by Gasteiger charge is 2.53. The van der Waals surface area contributed by atoms with Crippen molar-refractivity contribution in [1.29, 1.82) is 0 Å². The molecule has 0 spiro atoms. The highest BCUT2D eigenvalue weighted by Crippen LogP contribution is 2.34. The molecule has 2 aromatic rings. The fourth-order valence-electron chi connectivity index (χ4n) is 3.74. The first kappa shape index (κ1) is 26.7. The van der Waals surface area contributed by atoms with Gasteiger partial charge in [-0.2, -0.15) is 0 Å². The van der Waals surface area contributed by atoms with Crippen molar-refractivity contribution >= 4 is 34.8 Å². The van der Waals surface area contributed by atoms with Crippen LogP contribution in [0, 0.1) is 0 Å². The number of pyridine rings is 1. The van der Waals surface area contributed by atoms with Crippen molar-refractivity contribution in [3.8, 4) is 11.5 Å². The van der Waals surface area contributed by atoms with Crippen LogP contribution in [0.5, 0.6) is 11.5 Å². The van der Waals surface area contributed by atoms with Gasteiger partial charge in [0.2, 0.25) is 12.4 Å². The molecule has 1 aromatic carbocycles. The molecule has 36 heavy (non-hydrogen) atoms. The molecule has 1 aliphatic heterocycles. The zero-order valence-electron chi connectivity index (χ0n) is 20.4. The summed E-state index contributed by atoms with van der Waals surface area (Å²) in [6, 6.07) is 6.72. The van der Waals surface area contributed by atoms with Crippen LogP contribution in [0.1, 0.15) is 27.7 Å². The number of methoxy groups -OCH3 is 1. The standard InChI is InChI=1S/C24H27NO11/c1-12(26)31-11-20-21(32-13(2)27)22(33-14(3)28)23(34-15(4)29)24(36-20)35-19-8-9-25-18-7-6-16(30-5)10-17(18)19/h6-10,20-24H,11H2,1-5H3/t20-,21-,22+,23-,24-/m1/s1. The highest BCUT2D eigenvalue weighted by molar-refractivity contribution is 5.86. The lowest BCUT2D eigenvalue weighted by molar-refractivity contribution is -0.288. The third-order valence-electron chi connectivity index (χ3n) is 5.10. The van der Waals surface area contributed by atoms with Gasteiger partial charge >= 0.3 is 23.9 Å². The molecule has 1 fully saturated rings. The molecule has 12 nitrogen and oxygen atoms in total. The van der Waals surface area contributed by atoms with E-state index in [1.54, 1.807) is 24.3 Å². The van der Waals surface area contributed by atoms with E-state index in [1.807, 2.05) is 0 Å². The van der Waals surface area contributed by atoms with Crippen LogP contribution < -0.4 is 9.47 Å². The van der Waals surface area contributed by atoms with Crippen molar-refractivity contribution in [3.63, 3.8) is 0 Å². The Labute approximate surface area is 206 Å². The fourth-order valence-corrected chi connectivity index (χ4v) is 3.74. The monoisotopic (exact) mass is 505 g/mol. The van der Waals surface area contributed by atoms with Crippen LogP contribution in [0.15, 0.2) is 30.5 Å². The first-order valence-corrected chi connectivity index (χ1v) is 11.0. The number of esters is 4. The van der Waals surface area contributed by atoms with Gasteiger partial charge in [-0.3, -0.25) is 24.2 Å². The number of benzene rings is 1. The molecule has 0 radical (unpaired) electrons. The van der Waals surface area contributed by atoms with Gasteiger partial charge in [0.25, 0.3) is 0 Å². The van der Waals surface area contributed by atoms with Gasteiger partial charge in [-0.25, -0.2) is 0 Å². The number of rotatable bonds is 8. The predicted octanol–water partition coefficient (Wildman–Crippen LogP) is 1.71. The summed E-state index contributed by atoms with van der Waals surface area (Å²) in [7, 11) is 1.51. The second kappa shape index (κ2) is 11.7. The Kier molecular flexibility index (Phi) is 8.64. The van der Waals surface area contributed by atoms with Gasteiger partial charge in [-0.05, 0) is 24.3 Å². The largest absolute Gasteiger partial charge is 0.497 e. The molecule has 2 heterocycles. The maximum Gasteiger partial charge on any atom is 0.303 e. The van der Waals surface area contributed by atoms with Gasteiger partial charge in [-0.15, -0.1) is 0 Å². The number of carbonyl (C=O) groups excluding carboxylic acids is 4. The van der Waals surface area contributed by atoms with E-state index in [0.29, 0.717) is 22.4 Å². The van der Waals surface area contributed by atoms with E-state index in [1.165, 1.54) is 20.2 Å². The van der Waals surface area contributed by atoms with Crippen LogP contribution in [0.4, 0.5) is 0 Å². The summed E-state index contributed by atoms with van der Waals surface area (Å²) in [5, 5.41) is 0.560. The lowest BCUT2D eigenvalue weighted by Crippen LogP contribution is -2.63. The fraction of sp³-hybridized carbons (Fsp3) is 0.458. The number of fused-ring (bicyclic) bond motifs is 1. The number of carbonyl (C=O) groups is 4. The molecule has 0 bridgehead atoms. The maximum absolute atomic E-state index is 12.0. The number of nitrogens with zero attached hydrogens (tertiary/aromatic N) is 1. The SMILES string of the molecule is COc1ccc2nccc(O[C@@H]3O[C@H](COC(C)=O)[C@@H](OC(C)=O)[C@H](OC(C)=O)[C@H]3OC(C)=O)c2c1. The second-order valence-electron chi connectivity index (χ2n) is 7.88. The van der Waals surface area contributed by atoms with E-state index in [0.717, 1.165) is 20.8 Å². The summed E-state index contributed by atoms with van der Waals surface area (Å²) in [6.07, 6.45) is -4.93. The summed E-state index contributed by atoms with van der Waals surface area (Å²) in [5.41, 5.74) is 0.582. The van der Waals surface area contributed by atoms with E-state index < -0.39 is 54.6 Å². The summed E-state index contributed by atoms with van der Waals surface area (Å²) in [5.74, 6) is -1.96. The topological polar surface area (TPSA) is 146 Å². The van der Waals surface area contributed by atoms with E-state index in [9.17, 15) is 19.2 Å². The summed E-state index contributed by atoms with van der Waals surface area (Å²) >= 11 is 0. The predicted molar refractivity (Wildman–Crippen MR) is 121 cm³/mol. The molecule has 1 saturated heterocycles. The second-order valence-corrected chi connectivity index (χ2v) is 7.88. The van der Waals surface area contributed by atoms with Gasteiger partial charge in [0, 0.05) is 39.3 Å². The Bertz CT molecular complexity index is 1130. The zero-order chi connectivity index (χ0) is 26.4. The normalized spacial score (nSPS) is 23.3. The molecule has 0 saturated carbocycles. The number of aromatic nitrogens is 1.